The summed E-state index contributed by atoms with van der Waals surface area (Å²) in [6, 6.07) is 0. The van der Waals surface area contributed by atoms with Crippen molar-refractivity contribution in [2.24, 2.45) is 5.41 Å². The van der Waals surface area contributed by atoms with Gasteiger partial charge in [-0.2, -0.15) is 0 Å². The molecule has 0 aliphatic rings. The number of hydrogen-bond acceptors (Lipinski definition) is 0. The van der Waals surface area contributed by atoms with Crippen molar-refractivity contribution in [1.29, 1.82) is 0 Å². The number of halogens is 1. The van der Waals surface area contributed by atoms with Crippen LogP contribution >= 0.6 is 9.24 Å². The van der Waals surface area contributed by atoms with Crippen LogP contribution in [0, 0.1) is 5.41 Å². The molecule has 1 atom stereocenters. The fourth-order valence-corrected chi connectivity index (χ4v) is 5.37. The Bertz CT molecular complexity index is 309. The lowest BCUT2D eigenvalue weighted by molar-refractivity contribution is -0.00000668. The van der Waals surface area contributed by atoms with Crippen molar-refractivity contribution >= 4 is 9.24 Å². The molecule has 29 heavy (non-hydrogen) atoms. The summed E-state index contributed by atoms with van der Waals surface area (Å²) in [4.78, 5) is 0. The molecule has 0 aromatic rings. The van der Waals surface area contributed by atoms with Crippen molar-refractivity contribution in [1.82, 2.24) is 0 Å². The zero-order chi connectivity index (χ0) is 20.8. The van der Waals surface area contributed by atoms with Crippen LogP contribution in [0.4, 0.5) is 0 Å². The molecule has 0 aromatic carbocycles. The highest BCUT2D eigenvalue weighted by Gasteiger charge is 2.26. The molecular weight excluding hydrogens is 391 g/mol. The Labute approximate surface area is 194 Å². The molecule has 0 saturated carbocycles. The first-order chi connectivity index (χ1) is 13.7. The first-order valence-corrected chi connectivity index (χ1v) is 14.2. The maximum atomic E-state index is 2.45. The standard InChI is InChI=1S/C27H55P.ClH/c1-4-22-27(23-5-2,24-6-3)25-20-18-16-14-12-10-8-7-9-11-13-15-17-19-21-26-28;/h7-8H,4-6,9-26,28H2,1-3H3;1H. The zero-order valence-electron chi connectivity index (χ0n) is 20.6. The van der Waals surface area contributed by atoms with Gasteiger partial charge in [-0.25, -0.2) is 0 Å². The van der Waals surface area contributed by atoms with Crippen molar-refractivity contribution in [3.8, 4) is 0 Å². The molecule has 0 nitrogen and oxygen atoms in total. The van der Waals surface area contributed by atoms with E-state index in [1.165, 1.54) is 135 Å². The third-order valence-electron chi connectivity index (χ3n) is 6.46. The molecule has 0 heterocycles. The molecule has 176 valence electrons. The number of rotatable bonds is 22. The molecule has 0 amide bonds. The first kappa shape index (κ1) is 31.6. The number of hydrogen-bond donors (Lipinski definition) is 0. The summed E-state index contributed by atoms with van der Waals surface area (Å²) in [5.41, 5.74) is 0.678. The predicted octanol–water partition coefficient (Wildman–Crippen LogP) is 7.00. The molecular formula is C27H56ClP. The fraction of sp³-hybridized carbons (Fsp3) is 0.926. The SMILES string of the molecule is CCCC(CCC)(CCC)CCCCCCCC=CCCCCCCCC[PH3+].[Cl-]. The third kappa shape index (κ3) is 20.1. The molecule has 0 spiro atoms. The summed E-state index contributed by atoms with van der Waals surface area (Å²) in [6.45, 7) is 7.13. The Balaban J connectivity index is 0. The molecule has 0 radical (unpaired) electrons. The molecule has 0 saturated heterocycles. The topological polar surface area (TPSA) is 0 Å². The second-order valence-corrected chi connectivity index (χ2v) is 10.00. The Morgan fingerprint density at radius 1 is 0.517 bits per heavy atom. The second-order valence-electron chi connectivity index (χ2n) is 9.29. The van der Waals surface area contributed by atoms with Gasteiger partial charge in [-0.3, -0.25) is 0 Å². The van der Waals surface area contributed by atoms with E-state index in [0.29, 0.717) is 5.41 Å². The highest BCUT2D eigenvalue weighted by Crippen LogP contribution is 2.40. The lowest BCUT2D eigenvalue weighted by Gasteiger charge is -2.34. The summed E-state index contributed by atoms with van der Waals surface area (Å²) in [5, 5.41) is 0. The molecule has 0 aliphatic carbocycles. The molecule has 1 unspecified atom stereocenters. The maximum Gasteiger partial charge on any atom is 0.0526 e. The van der Waals surface area contributed by atoms with E-state index >= 15 is 0 Å². The summed E-state index contributed by atoms with van der Waals surface area (Å²) in [7, 11) is 2.12. The summed E-state index contributed by atoms with van der Waals surface area (Å²) in [5.74, 6) is 0. The average Bonchev–Trinajstić information content (AvgIpc) is 2.68. The quantitative estimate of drug-likeness (QED) is 0.0953. The van der Waals surface area contributed by atoms with Crippen LogP contribution in [0.15, 0.2) is 12.2 Å². The van der Waals surface area contributed by atoms with Gasteiger partial charge in [0.1, 0.15) is 0 Å². The van der Waals surface area contributed by atoms with E-state index in [-0.39, 0.29) is 12.4 Å². The summed E-state index contributed by atoms with van der Waals surface area (Å²) < 4.78 is 0. The second kappa shape index (κ2) is 24.7. The van der Waals surface area contributed by atoms with E-state index in [2.05, 4.69) is 42.2 Å². The summed E-state index contributed by atoms with van der Waals surface area (Å²) >= 11 is 0. The Morgan fingerprint density at radius 2 is 0.897 bits per heavy atom. The van der Waals surface area contributed by atoms with E-state index in [1.807, 2.05) is 0 Å². The molecule has 2 heteroatoms. The van der Waals surface area contributed by atoms with Crippen LogP contribution in [-0.4, -0.2) is 6.16 Å². The minimum Gasteiger partial charge on any atom is -1.00 e. The van der Waals surface area contributed by atoms with Crippen molar-refractivity contribution in [2.75, 3.05) is 6.16 Å². The van der Waals surface area contributed by atoms with Gasteiger partial charge in [0.2, 0.25) is 0 Å². The lowest BCUT2D eigenvalue weighted by Crippen LogP contribution is -3.00. The van der Waals surface area contributed by atoms with Gasteiger partial charge in [0, 0.05) is 0 Å². The monoisotopic (exact) mass is 446 g/mol. The van der Waals surface area contributed by atoms with E-state index in [9.17, 15) is 0 Å². The Hall–Kier alpha value is 0.460. The highest BCUT2D eigenvalue weighted by atomic mass is 35.5. The van der Waals surface area contributed by atoms with Crippen molar-refractivity contribution in [3.05, 3.63) is 12.2 Å². The Morgan fingerprint density at radius 3 is 1.31 bits per heavy atom. The smallest absolute Gasteiger partial charge is 0.0526 e. The third-order valence-corrected chi connectivity index (χ3v) is 6.96. The molecule has 0 aliphatic heterocycles. The van der Waals surface area contributed by atoms with Crippen LogP contribution in [0.1, 0.15) is 149 Å². The average molecular weight is 447 g/mol. The van der Waals surface area contributed by atoms with E-state index in [0.717, 1.165) is 0 Å². The van der Waals surface area contributed by atoms with Gasteiger partial charge in [0.15, 0.2) is 0 Å². The van der Waals surface area contributed by atoms with Gasteiger partial charge in [-0.1, -0.05) is 97.1 Å². The fourth-order valence-electron chi connectivity index (χ4n) is 5.02. The van der Waals surface area contributed by atoms with Crippen LogP contribution in [0.5, 0.6) is 0 Å². The van der Waals surface area contributed by atoms with Crippen LogP contribution in [0.2, 0.25) is 0 Å². The molecule has 0 rings (SSSR count). The number of unbranched alkanes of at least 4 members (excludes halogenated alkanes) is 11. The van der Waals surface area contributed by atoms with Gasteiger partial charge in [-0.05, 0) is 78.9 Å². The highest BCUT2D eigenvalue weighted by molar-refractivity contribution is 7.16. The molecule has 0 N–H and O–H groups in total. The first-order valence-electron chi connectivity index (χ1n) is 13.2. The van der Waals surface area contributed by atoms with Gasteiger partial charge < -0.3 is 12.4 Å². The van der Waals surface area contributed by atoms with Crippen LogP contribution in [-0.2, 0) is 0 Å². The lowest BCUT2D eigenvalue weighted by atomic mass is 9.72. The minimum atomic E-state index is 0. The van der Waals surface area contributed by atoms with Crippen LogP contribution in [0.25, 0.3) is 0 Å². The normalized spacial score (nSPS) is 12.0. The molecule has 0 bridgehead atoms. The van der Waals surface area contributed by atoms with E-state index < -0.39 is 0 Å². The summed E-state index contributed by atoms with van der Waals surface area (Å²) in [6.07, 6.45) is 34.7. The van der Waals surface area contributed by atoms with Gasteiger partial charge in [0.05, 0.1) is 6.16 Å². The molecule has 0 aromatic heterocycles. The minimum absolute atomic E-state index is 0. The van der Waals surface area contributed by atoms with Crippen molar-refractivity contribution in [3.63, 3.8) is 0 Å². The van der Waals surface area contributed by atoms with Crippen LogP contribution < -0.4 is 12.4 Å². The zero-order valence-corrected chi connectivity index (χ0v) is 22.8. The Kier molecular flexibility index (Phi) is 27.0. The number of allylic oxidation sites excluding steroid dienone is 2. The van der Waals surface area contributed by atoms with Crippen molar-refractivity contribution in [2.45, 2.75) is 149 Å². The van der Waals surface area contributed by atoms with E-state index in [4.69, 9.17) is 0 Å². The van der Waals surface area contributed by atoms with Crippen LogP contribution in [0.3, 0.4) is 0 Å². The van der Waals surface area contributed by atoms with Gasteiger partial charge in [0.25, 0.3) is 0 Å². The maximum absolute atomic E-state index is 2.45. The largest absolute Gasteiger partial charge is 1.00 e. The predicted molar refractivity (Wildman–Crippen MR) is 137 cm³/mol. The molecule has 0 fully saturated rings. The van der Waals surface area contributed by atoms with Gasteiger partial charge in [-0.15, -0.1) is 0 Å². The van der Waals surface area contributed by atoms with Crippen molar-refractivity contribution < 1.29 is 12.4 Å². The van der Waals surface area contributed by atoms with Gasteiger partial charge >= 0.3 is 0 Å². The van der Waals surface area contributed by atoms with E-state index in [1.54, 1.807) is 0 Å².